The Bertz CT molecular complexity index is 847. The van der Waals surface area contributed by atoms with Crippen LogP contribution in [0.1, 0.15) is 15.9 Å². The molecule has 0 saturated carbocycles. The smallest absolute Gasteiger partial charge is 0.273 e. The second kappa shape index (κ2) is 6.36. The average Bonchev–Trinajstić information content (AvgIpc) is 3.03. The predicted octanol–water partition coefficient (Wildman–Crippen LogP) is 3.00. The first-order valence-corrected chi connectivity index (χ1v) is 7.32. The van der Waals surface area contributed by atoms with Gasteiger partial charge in [-0.1, -0.05) is 24.3 Å². The zero-order valence-corrected chi connectivity index (χ0v) is 13.1. The van der Waals surface area contributed by atoms with Crippen LogP contribution in [0.2, 0.25) is 0 Å². The second-order valence-corrected chi connectivity index (χ2v) is 5.43. The van der Waals surface area contributed by atoms with E-state index in [1.54, 1.807) is 12.3 Å². The van der Waals surface area contributed by atoms with Crippen LogP contribution in [0.3, 0.4) is 0 Å². The number of H-pyrrole nitrogens is 1. The highest BCUT2D eigenvalue weighted by molar-refractivity contribution is 6.05. The van der Waals surface area contributed by atoms with E-state index in [1.165, 1.54) is 0 Å². The number of hydrogen-bond donors (Lipinski definition) is 2. The fraction of sp³-hybridized carbons (Fsp3) is 0.111. The molecule has 0 spiro atoms. The maximum Gasteiger partial charge on any atom is 0.273 e. The third-order valence-corrected chi connectivity index (χ3v) is 3.62. The van der Waals surface area contributed by atoms with Crippen molar-refractivity contribution in [3.05, 3.63) is 65.9 Å². The topological polar surface area (TPSA) is 60.5 Å². The van der Waals surface area contributed by atoms with Gasteiger partial charge in [0.05, 0.1) is 17.3 Å². The number of hydrogen-bond acceptors (Lipinski definition) is 3. The monoisotopic (exact) mass is 306 g/mol. The standard InChI is InChI=1S/C18H18N4O/c1-22(2)15-8-6-13(7-9-15)12-20-21-18(23)16-5-3-4-14-10-11-19-17(14)16/h3-12,19H,1-2H3,(H,21,23). The van der Waals surface area contributed by atoms with E-state index in [1.807, 2.05) is 67.7 Å². The minimum absolute atomic E-state index is 0.237. The summed E-state index contributed by atoms with van der Waals surface area (Å²) in [6, 6.07) is 15.4. The molecule has 0 radical (unpaired) electrons. The number of fused-ring (bicyclic) bond motifs is 1. The number of aromatic amines is 1. The van der Waals surface area contributed by atoms with Crippen molar-refractivity contribution in [3.63, 3.8) is 0 Å². The molecule has 0 aliphatic carbocycles. The first kappa shape index (κ1) is 14.8. The second-order valence-electron chi connectivity index (χ2n) is 5.43. The van der Waals surface area contributed by atoms with Crippen LogP contribution in [-0.4, -0.2) is 31.2 Å². The molecule has 1 aromatic heterocycles. The number of nitrogens with one attached hydrogen (secondary N) is 2. The maximum atomic E-state index is 12.2. The van der Waals surface area contributed by atoms with Gasteiger partial charge in [0.2, 0.25) is 0 Å². The Morgan fingerprint density at radius 3 is 2.65 bits per heavy atom. The number of amides is 1. The van der Waals surface area contributed by atoms with Gasteiger partial charge in [-0.15, -0.1) is 0 Å². The zero-order valence-electron chi connectivity index (χ0n) is 13.1. The molecule has 0 unspecified atom stereocenters. The summed E-state index contributed by atoms with van der Waals surface area (Å²) in [7, 11) is 3.98. The van der Waals surface area contributed by atoms with Gasteiger partial charge in [-0.3, -0.25) is 4.79 Å². The molecule has 3 aromatic rings. The minimum atomic E-state index is -0.237. The molecular formula is C18H18N4O. The van der Waals surface area contributed by atoms with Crippen LogP contribution in [-0.2, 0) is 0 Å². The summed E-state index contributed by atoms with van der Waals surface area (Å²) >= 11 is 0. The maximum absolute atomic E-state index is 12.2. The van der Waals surface area contributed by atoms with Crippen molar-refractivity contribution in [3.8, 4) is 0 Å². The molecule has 5 heteroatoms. The number of para-hydroxylation sites is 1. The number of aromatic nitrogens is 1. The minimum Gasteiger partial charge on any atom is -0.378 e. The molecule has 0 fully saturated rings. The van der Waals surface area contributed by atoms with E-state index in [-0.39, 0.29) is 5.91 Å². The molecule has 0 aliphatic heterocycles. The van der Waals surface area contributed by atoms with Gasteiger partial charge >= 0.3 is 0 Å². The summed E-state index contributed by atoms with van der Waals surface area (Å²) in [4.78, 5) is 17.3. The largest absolute Gasteiger partial charge is 0.378 e. The van der Waals surface area contributed by atoms with E-state index in [0.717, 1.165) is 22.2 Å². The molecule has 0 aliphatic rings. The molecule has 116 valence electrons. The van der Waals surface area contributed by atoms with Crippen molar-refractivity contribution >= 4 is 28.7 Å². The summed E-state index contributed by atoms with van der Waals surface area (Å²) in [6.45, 7) is 0. The molecule has 3 rings (SSSR count). The van der Waals surface area contributed by atoms with Crippen LogP contribution >= 0.6 is 0 Å². The lowest BCUT2D eigenvalue weighted by Gasteiger charge is -2.11. The van der Waals surface area contributed by atoms with Crippen molar-refractivity contribution in [1.29, 1.82) is 0 Å². The van der Waals surface area contributed by atoms with Gasteiger partial charge in [-0.25, -0.2) is 5.43 Å². The lowest BCUT2D eigenvalue weighted by molar-refractivity contribution is 0.0956. The highest BCUT2D eigenvalue weighted by Gasteiger charge is 2.09. The number of carbonyl (C=O) groups excluding carboxylic acids is 1. The van der Waals surface area contributed by atoms with Crippen molar-refractivity contribution < 1.29 is 4.79 Å². The normalized spacial score (nSPS) is 11.0. The third-order valence-electron chi connectivity index (χ3n) is 3.62. The van der Waals surface area contributed by atoms with Crippen LogP contribution in [0, 0.1) is 0 Å². The van der Waals surface area contributed by atoms with Gasteiger partial charge in [-0.2, -0.15) is 5.10 Å². The van der Waals surface area contributed by atoms with E-state index in [0.29, 0.717) is 5.56 Å². The molecule has 2 N–H and O–H groups in total. The summed E-state index contributed by atoms with van der Waals surface area (Å²) in [5.74, 6) is -0.237. The molecule has 0 saturated heterocycles. The average molecular weight is 306 g/mol. The highest BCUT2D eigenvalue weighted by atomic mass is 16.2. The molecular weight excluding hydrogens is 288 g/mol. The number of rotatable bonds is 4. The van der Waals surface area contributed by atoms with E-state index >= 15 is 0 Å². The number of carbonyl (C=O) groups is 1. The molecule has 1 heterocycles. The van der Waals surface area contributed by atoms with Gasteiger partial charge in [0, 0.05) is 31.4 Å². The Morgan fingerprint density at radius 1 is 1.13 bits per heavy atom. The lowest BCUT2D eigenvalue weighted by Crippen LogP contribution is -2.18. The number of nitrogens with zero attached hydrogens (tertiary/aromatic N) is 2. The third kappa shape index (κ3) is 3.23. The Hall–Kier alpha value is -3.08. The van der Waals surface area contributed by atoms with E-state index in [9.17, 15) is 4.79 Å². The summed E-state index contributed by atoms with van der Waals surface area (Å²) in [6.07, 6.45) is 3.45. The number of hydrazone groups is 1. The van der Waals surface area contributed by atoms with Crippen LogP contribution in [0.15, 0.2) is 59.8 Å². The van der Waals surface area contributed by atoms with Crippen molar-refractivity contribution in [2.75, 3.05) is 19.0 Å². The predicted molar refractivity (Wildman–Crippen MR) is 94.1 cm³/mol. The van der Waals surface area contributed by atoms with Gasteiger partial charge < -0.3 is 9.88 Å². The number of benzene rings is 2. The number of anilines is 1. The molecule has 23 heavy (non-hydrogen) atoms. The van der Waals surface area contributed by atoms with Gasteiger partial charge in [0.25, 0.3) is 5.91 Å². The van der Waals surface area contributed by atoms with E-state index in [4.69, 9.17) is 0 Å². The molecule has 0 atom stereocenters. The molecule has 5 nitrogen and oxygen atoms in total. The molecule has 0 bridgehead atoms. The Balaban J connectivity index is 1.70. The quantitative estimate of drug-likeness (QED) is 0.575. The van der Waals surface area contributed by atoms with E-state index in [2.05, 4.69) is 15.5 Å². The van der Waals surface area contributed by atoms with E-state index < -0.39 is 0 Å². The molecule has 1 amide bonds. The first-order valence-electron chi connectivity index (χ1n) is 7.32. The Labute approximate surface area is 134 Å². The van der Waals surface area contributed by atoms with Crippen molar-refractivity contribution in [1.82, 2.24) is 10.4 Å². The van der Waals surface area contributed by atoms with Gasteiger partial charge in [0.1, 0.15) is 0 Å². The Kier molecular flexibility index (Phi) is 4.10. The summed E-state index contributed by atoms with van der Waals surface area (Å²) in [5, 5.41) is 5.03. The highest BCUT2D eigenvalue weighted by Crippen LogP contribution is 2.16. The Morgan fingerprint density at radius 2 is 1.91 bits per heavy atom. The molecule has 2 aromatic carbocycles. The first-order chi connectivity index (χ1) is 11.1. The van der Waals surface area contributed by atoms with Gasteiger partial charge in [-0.05, 0) is 29.8 Å². The van der Waals surface area contributed by atoms with Crippen LogP contribution in [0.4, 0.5) is 5.69 Å². The van der Waals surface area contributed by atoms with Crippen LogP contribution in [0.25, 0.3) is 10.9 Å². The SMILES string of the molecule is CN(C)c1ccc(C=NNC(=O)c2cccc3cc[nH]c23)cc1. The van der Waals surface area contributed by atoms with Gasteiger partial charge in [0.15, 0.2) is 0 Å². The summed E-state index contributed by atoms with van der Waals surface area (Å²) in [5.41, 5.74) is 6.00. The van der Waals surface area contributed by atoms with Crippen molar-refractivity contribution in [2.45, 2.75) is 0 Å². The fourth-order valence-corrected chi connectivity index (χ4v) is 2.36. The summed E-state index contributed by atoms with van der Waals surface area (Å²) < 4.78 is 0. The van der Waals surface area contributed by atoms with Crippen molar-refractivity contribution in [2.24, 2.45) is 5.10 Å². The van der Waals surface area contributed by atoms with Crippen LogP contribution < -0.4 is 10.3 Å². The lowest BCUT2D eigenvalue weighted by atomic mass is 10.1. The van der Waals surface area contributed by atoms with Crippen LogP contribution in [0.5, 0.6) is 0 Å². The zero-order chi connectivity index (χ0) is 16.2. The fourth-order valence-electron chi connectivity index (χ4n) is 2.36.